The third kappa shape index (κ3) is 4.10. The molecule has 2 aliphatic rings. The van der Waals surface area contributed by atoms with Crippen LogP contribution in [0.15, 0.2) is 33.4 Å². The summed E-state index contributed by atoms with van der Waals surface area (Å²) in [4.78, 5) is 28.0. The second-order valence-corrected chi connectivity index (χ2v) is 6.08. The van der Waals surface area contributed by atoms with E-state index in [0.29, 0.717) is 17.8 Å². The largest absolute Gasteiger partial charge is 0.240 e. The molecule has 4 heteroatoms. The maximum absolute atomic E-state index is 10.4. The maximum atomic E-state index is 10.4. The Bertz CT molecular complexity index is 537. The van der Waals surface area contributed by atoms with Crippen LogP contribution >= 0.6 is 0 Å². The fraction of sp³-hybridized carbons (Fsp3) is 0.647. The average molecular weight is 286 g/mol. The molecule has 0 aromatic rings. The molecular formula is C17H22N2O2. The summed E-state index contributed by atoms with van der Waals surface area (Å²) >= 11 is 0. The van der Waals surface area contributed by atoms with Gasteiger partial charge < -0.3 is 0 Å². The Hall–Kier alpha value is -1.76. The molecule has 0 heterocycles. The van der Waals surface area contributed by atoms with E-state index in [2.05, 4.69) is 23.0 Å². The summed E-state index contributed by atoms with van der Waals surface area (Å²) in [6, 6.07) is 0.198. The molecule has 0 aliphatic heterocycles. The number of carbonyl (C=O) groups excluding carboxylic acids is 2. The van der Waals surface area contributed by atoms with Crippen LogP contribution in [0.4, 0.5) is 0 Å². The monoisotopic (exact) mass is 286 g/mol. The van der Waals surface area contributed by atoms with Gasteiger partial charge in [0.25, 0.3) is 0 Å². The SMILES string of the molecule is CCC(C/C=C(\C)N=C=O)CC1=C[C@@H]2C(CC1)C2N=C=O. The fourth-order valence-corrected chi connectivity index (χ4v) is 3.31. The number of isocyanates is 2. The van der Waals surface area contributed by atoms with E-state index >= 15 is 0 Å². The van der Waals surface area contributed by atoms with Crippen LogP contribution in [0.2, 0.25) is 0 Å². The molecule has 0 saturated heterocycles. The lowest BCUT2D eigenvalue weighted by molar-refractivity contribution is 0.489. The molecule has 0 aromatic carbocycles. The van der Waals surface area contributed by atoms with Gasteiger partial charge in [-0.25, -0.2) is 14.6 Å². The predicted molar refractivity (Wildman–Crippen MR) is 81.1 cm³/mol. The molecule has 0 bridgehead atoms. The molecule has 3 unspecified atom stereocenters. The molecule has 4 atom stereocenters. The quantitative estimate of drug-likeness (QED) is 0.407. The van der Waals surface area contributed by atoms with Crippen LogP contribution in [0.1, 0.15) is 46.0 Å². The first-order valence-electron chi connectivity index (χ1n) is 7.70. The molecule has 1 saturated carbocycles. The van der Waals surface area contributed by atoms with E-state index in [1.54, 1.807) is 12.2 Å². The minimum absolute atomic E-state index is 0.198. The van der Waals surface area contributed by atoms with E-state index < -0.39 is 0 Å². The molecule has 1 fully saturated rings. The van der Waals surface area contributed by atoms with Gasteiger partial charge in [0.15, 0.2) is 0 Å². The summed E-state index contributed by atoms with van der Waals surface area (Å²) in [7, 11) is 0. The molecule has 0 spiro atoms. The van der Waals surface area contributed by atoms with Crippen molar-refractivity contribution in [3.05, 3.63) is 23.4 Å². The zero-order chi connectivity index (χ0) is 15.2. The highest BCUT2D eigenvalue weighted by Gasteiger charge is 2.50. The van der Waals surface area contributed by atoms with Crippen molar-refractivity contribution in [2.24, 2.45) is 27.7 Å². The average Bonchev–Trinajstić information content (AvgIpc) is 3.16. The minimum Gasteiger partial charge on any atom is -0.211 e. The molecule has 0 amide bonds. The molecule has 0 radical (unpaired) electrons. The van der Waals surface area contributed by atoms with Gasteiger partial charge in [0.1, 0.15) is 0 Å². The van der Waals surface area contributed by atoms with Gasteiger partial charge in [-0.3, -0.25) is 0 Å². The Morgan fingerprint density at radius 3 is 2.95 bits per heavy atom. The summed E-state index contributed by atoms with van der Waals surface area (Å²) < 4.78 is 0. The van der Waals surface area contributed by atoms with Crippen molar-refractivity contribution in [1.82, 2.24) is 0 Å². The lowest BCUT2D eigenvalue weighted by Crippen LogP contribution is -2.03. The fourth-order valence-electron chi connectivity index (χ4n) is 3.31. The zero-order valence-electron chi connectivity index (χ0n) is 12.7. The third-order valence-electron chi connectivity index (χ3n) is 4.71. The van der Waals surface area contributed by atoms with Gasteiger partial charge in [0.2, 0.25) is 12.2 Å². The van der Waals surface area contributed by atoms with E-state index in [1.807, 2.05) is 13.0 Å². The van der Waals surface area contributed by atoms with Gasteiger partial charge >= 0.3 is 0 Å². The van der Waals surface area contributed by atoms with Gasteiger partial charge in [0, 0.05) is 11.6 Å². The Kier molecular flexibility index (Phi) is 5.44. The lowest BCUT2D eigenvalue weighted by Gasteiger charge is -2.18. The van der Waals surface area contributed by atoms with Gasteiger partial charge in [0.05, 0.1) is 6.04 Å². The number of hydrogen-bond donors (Lipinski definition) is 0. The Morgan fingerprint density at radius 2 is 2.29 bits per heavy atom. The topological polar surface area (TPSA) is 58.9 Å². The van der Waals surface area contributed by atoms with Gasteiger partial charge in [-0.05, 0) is 44.4 Å². The first-order chi connectivity index (χ1) is 10.2. The van der Waals surface area contributed by atoms with Crippen LogP contribution in [-0.4, -0.2) is 18.2 Å². The highest BCUT2D eigenvalue weighted by atomic mass is 16.1. The highest BCUT2D eigenvalue weighted by Crippen LogP contribution is 2.51. The third-order valence-corrected chi connectivity index (χ3v) is 4.71. The Morgan fingerprint density at radius 1 is 1.48 bits per heavy atom. The summed E-state index contributed by atoms with van der Waals surface area (Å²) in [6.07, 6.45) is 13.0. The first-order valence-corrected chi connectivity index (χ1v) is 7.70. The van der Waals surface area contributed by atoms with Crippen LogP contribution in [0.3, 0.4) is 0 Å². The van der Waals surface area contributed by atoms with Crippen molar-refractivity contribution in [3.8, 4) is 0 Å². The van der Waals surface area contributed by atoms with E-state index in [0.717, 1.165) is 37.8 Å². The van der Waals surface area contributed by atoms with Gasteiger partial charge in [-0.15, -0.1) is 0 Å². The standard InChI is InChI=1S/C17H22N2O2/c1-3-13(5-4-12(2)18-10-20)8-14-6-7-15-16(9-14)17(15)19-11-21/h4,9,13,15-17H,3,5-8H2,1-2H3/b12-4+/t13?,15?,16-,17?/m1/s1. The molecule has 0 aromatic heterocycles. The maximum Gasteiger partial charge on any atom is 0.240 e. The Labute approximate surface area is 125 Å². The summed E-state index contributed by atoms with van der Waals surface area (Å²) in [5, 5.41) is 0. The number of allylic oxidation sites excluding steroid dienone is 3. The highest BCUT2D eigenvalue weighted by molar-refractivity contribution is 5.37. The number of nitrogens with zero attached hydrogens (tertiary/aromatic N) is 2. The van der Waals surface area contributed by atoms with Crippen molar-refractivity contribution >= 4 is 12.2 Å². The molecule has 21 heavy (non-hydrogen) atoms. The smallest absolute Gasteiger partial charge is 0.211 e. The molecule has 2 rings (SSSR count). The molecule has 0 N–H and O–H groups in total. The number of fused-ring (bicyclic) bond motifs is 1. The summed E-state index contributed by atoms with van der Waals surface area (Å²) in [6.45, 7) is 4.02. The van der Waals surface area contributed by atoms with Crippen molar-refractivity contribution in [2.75, 3.05) is 0 Å². The summed E-state index contributed by atoms with van der Waals surface area (Å²) in [5.74, 6) is 1.64. The van der Waals surface area contributed by atoms with Gasteiger partial charge in [-0.1, -0.05) is 31.1 Å². The second kappa shape index (κ2) is 7.31. The van der Waals surface area contributed by atoms with Crippen molar-refractivity contribution in [1.29, 1.82) is 0 Å². The van der Waals surface area contributed by atoms with Crippen LogP contribution < -0.4 is 0 Å². The van der Waals surface area contributed by atoms with Gasteiger partial charge in [-0.2, -0.15) is 4.99 Å². The van der Waals surface area contributed by atoms with Crippen LogP contribution in [-0.2, 0) is 9.59 Å². The van der Waals surface area contributed by atoms with Crippen molar-refractivity contribution in [2.45, 2.75) is 52.0 Å². The number of hydrogen-bond acceptors (Lipinski definition) is 4. The first kappa shape index (κ1) is 15.6. The van der Waals surface area contributed by atoms with Crippen LogP contribution in [0, 0.1) is 17.8 Å². The normalized spacial score (nSPS) is 28.6. The van der Waals surface area contributed by atoms with Crippen molar-refractivity contribution in [3.63, 3.8) is 0 Å². The molecule has 2 aliphatic carbocycles. The Balaban J connectivity index is 1.90. The lowest BCUT2D eigenvalue weighted by atomic mass is 9.88. The second-order valence-electron chi connectivity index (χ2n) is 6.08. The number of aliphatic imine (C=N–C) groups is 2. The summed E-state index contributed by atoms with van der Waals surface area (Å²) in [5.41, 5.74) is 2.24. The molecular weight excluding hydrogens is 264 g/mol. The van der Waals surface area contributed by atoms with E-state index in [-0.39, 0.29) is 6.04 Å². The zero-order valence-corrected chi connectivity index (χ0v) is 12.7. The van der Waals surface area contributed by atoms with E-state index in [1.165, 1.54) is 5.57 Å². The van der Waals surface area contributed by atoms with Crippen LogP contribution in [0.25, 0.3) is 0 Å². The van der Waals surface area contributed by atoms with E-state index in [4.69, 9.17) is 0 Å². The van der Waals surface area contributed by atoms with Crippen LogP contribution in [0.5, 0.6) is 0 Å². The minimum atomic E-state index is 0.198. The molecule has 112 valence electrons. The molecule has 4 nitrogen and oxygen atoms in total. The number of rotatable bonds is 7. The predicted octanol–water partition coefficient (Wildman–Crippen LogP) is 3.70. The van der Waals surface area contributed by atoms with E-state index in [9.17, 15) is 9.59 Å². The van der Waals surface area contributed by atoms with Crippen molar-refractivity contribution < 1.29 is 9.59 Å².